The van der Waals surface area contributed by atoms with E-state index in [1.165, 1.54) is 0 Å². The second-order valence-corrected chi connectivity index (χ2v) is 3.99. The van der Waals surface area contributed by atoms with E-state index in [0.29, 0.717) is 15.2 Å². The summed E-state index contributed by atoms with van der Waals surface area (Å²) in [5, 5.41) is 14.1. The fourth-order valence-electron chi connectivity index (χ4n) is 0.919. The van der Waals surface area contributed by atoms with E-state index < -0.39 is 0 Å². The molecule has 1 rings (SSSR count). The Bertz CT molecular complexity index is 360. The van der Waals surface area contributed by atoms with Crippen LogP contribution in [0.15, 0.2) is 22.7 Å². The molecule has 0 radical (unpaired) electrons. The average Bonchev–Trinajstić information content (AvgIpc) is 2.20. The van der Waals surface area contributed by atoms with Crippen molar-refractivity contribution in [3.63, 3.8) is 0 Å². The molecular formula is C9H10BrClN2O2. The van der Waals surface area contributed by atoms with E-state index in [1.807, 2.05) is 0 Å². The van der Waals surface area contributed by atoms with E-state index in [9.17, 15) is 4.79 Å². The van der Waals surface area contributed by atoms with Crippen molar-refractivity contribution >= 4 is 39.2 Å². The maximum absolute atomic E-state index is 11.2. The molecule has 0 aliphatic rings. The van der Waals surface area contributed by atoms with E-state index in [-0.39, 0.29) is 19.2 Å². The third kappa shape index (κ3) is 4.07. The summed E-state index contributed by atoms with van der Waals surface area (Å²) < 4.78 is 0.712. The van der Waals surface area contributed by atoms with Gasteiger partial charge in [0.2, 0.25) is 0 Å². The van der Waals surface area contributed by atoms with Crippen molar-refractivity contribution in [1.29, 1.82) is 0 Å². The largest absolute Gasteiger partial charge is 0.395 e. The zero-order valence-corrected chi connectivity index (χ0v) is 10.1. The summed E-state index contributed by atoms with van der Waals surface area (Å²) in [5.74, 6) is 0. The van der Waals surface area contributed by atoms with E-state index >= 15 is 0 Å². The van der Waals surface area contributed by atoms with Gasteiger partial charge in [-0.3, -0.25) is 0 Å². The fourth-order valence-corrected chi connectivity index (χ4v) is 1.41. The van der Waals surface area contributed by atoms with Gasteiger partial charge < -0.3 is 15.7 Å². The molecule has 0 bridgehead atoms. The minimum Gasteiger partial charge on any atom is -0.395 e. The Morgan fingerprint density at radius 2 is 2.27 bits per heavy atom. The van der Waals surface area contributed by atoms with Crippen molar-refractivity contribution in [3.05, 3.63) is 27.7 Å². The summed E-state index contributed by atoms with van der Waals surface area (Å²) in [7, 11) is 0. The van der Waals surface area contributed by atoms with Gasteiger partial charge in [-0.1, -0.05) is 11.6 Å². The van der Waals surface area contributed by atoms with Crippen LogP contribution >= 0.6 is 27.5 Å². The highest BCUT2D eigenvalue weighted by Crippen LogP contribution is 2.25. The number of amides is 2. The molecule has 0 saturated heterocycles. The quantitative estimate of drug-likeness (QED) is 0.800. The maximum Gasteiger partial charge on any atom is 0.319 e. The van der Waals surface area contributed by atoms with Gasteiger partial charge in [0.1, 0.15) is 0 Å². The van der Waals surface area contributed by atoms with Gasteiger partial charge in [-0.25, -0.2) is 4.79 Å². The summed E-state index contributed by atoms with van der Waals surface area (Å²) in [5.41, 5.74) is 0.627. The number of aliphatic hydroxyl groups is 1. The second kappa shape index (κ2) is 5.95. The number of anilines is 1. The number of hydrogen-bond donors (Lipinski definition) is 3. The van der Waals surface area contributed by atoms with Gasteiger partial charge in [0, 0.05) is 16.7 Å². The monoisotopic (exact) mass is 292 g/mol. The minimum absolute atomic E-state index is 0.0856. The molecule has 3 N–H and O–H groups in total. The standard InChI is InChI=1S/C9H10BrClN2O2/c10-7-5-6(1-2-8(7)11)13-9(15)12-3-4-14/h1-2,5,14H,3-4H2,(H2,12,13,15). The molecule has 82 valence electrons. The molecule has 0 unspecified atom stereocenters. The second-order valence-electron chi connectivity index (χ2n) is 2.73. The number of aliphatic hydroxyl groups excluding tert-OH is 1. The van der Waals surface area contributed by atoms with Gasteiger partial charge >= 0.3 is 6.03 Å². The van der Waals surface area contributed by atoms with E-state index in [2.05, 4.69) is 26.6 Å². The van der Waals surface area contributed by atoms with Gasteiger partial charge in [-0.05, 0) is 34.1 Å². The van der Waals surface area contributed by atoms with Crippen molar-refractivity contribution < 1.29 is 9.90 Å². The number of carbonyl (C=O) groups excluding carboxylic acids is 1. The Labute approximate surface area is 101 Å². The van der Waals surface area contributed by atoms with E-state index in [0.717, 1.165) is 0 Å². The molecule has 1 aromatic carbocycles. The summed E-state index contributed by atoms with van der Waals surface area (Å²) in [6.07, 6.45) is 0. The van der Waals surface area contributed by atoms with Crippen molar-refractivity contribution in [3.8, 4) is 0 Å². The summed E-state index contributed by atoms with van der Waals surface area (Å²) in [6.45, 7) is 0.137. The maximum atomic E-state index is 11.2. The summed E-state index contributed by atoms with van der Waals surface area (Å²) >= 11 is 9.04. The first-order chi connectivity index (χ1) is 7.13. The first-order valence-electron chi connectivity index (χ1n) is 4.24. The van der Waals surface area contributed by atoms with Gasteiger partial charge in [-0.15, -0.1) is 0 Å². The Morgan fingerprint density at radius 1 is 1.53 bits per heavy atom. The Kier molecular flexibility index (Phi) is 4.87. The zero-order chi connectivity index (χ0) is 11.3. The fraction of sp³-hybridized carbons (Fsp3) is 0.222. The Balaban J connectivity index is 2.57. The van der Waals surface area contributed by atoms with Gasteiger partial charge in [0.15, 0.2) is 0 Å². The number of urea groups is 1. The molecule has 0 aliphatic carbocycles. The van der Waals surface area contributed by atoms with Crippen LogP contribution in [0.3, 0.4) is 0 Å². The number of rotatable bonds is 3. The zero-order valence-electron chi connectivity index (χ0n) is 7.76. The molecule has 15 heavy (non-hydrogen) atoms. The Hall–Kier alpha value is -0.780. The SMILES string of the molecule is O=C(NCCO)Nc1ccc(Cl)c(Br)c1. The first-order valence-corrected chi connectivity index (χ1v) is 5.41. The van der Waals surface area contributed by atoms with Crippen molar-refractivity contribution in [2.45, 2.75) is 0 Å². The molecule has 4 nitrogen and oxygen atoms in total. The smallest absolute Gasteiger partial charge is 0.319 e. The lowest BCUT2D eigenvalue weighted by Crippen LogP contribution is -2.30. The normalized spacial score (nSPS) is 9.80. The number of benzene rings is 1. The lowest BCUT2D eigenvalue weighted by molar-refractivity contribution is 0.245. The number of halogens is 2. The summed E-state index contributed by atoms with van der Waals surface area (Å²) in [6, 6.07) is 4.69. The number of hydrogen-bond acceptors (Lipinski definition) is 2. The molecular weight excluding hydrogens is 283 g/mol. The predicted octanol–water partition coefficient (Wildman–Crippen LogP) is 2.22. The predicted molar refractivity (Wildman–Crippen MR) is 63.3 cm³/mol. The van der Waals surface area contributed by atoms with Crippen LogP contribution < -0.4 is 10.6 Å². The number of carbonyl (C=O) groups is 1. The molecule has 2 amide bonds. The lowest BCUT2D eigenvalue weighted by atomic mass is 10.3. The van der Waals surface area contributed by atoms with E-state index in [4.69, 9.17) is 16.7 Å². The minimum atomic E-state index is -0.363. The highest BCUT2D eigenvalue weighted by atomic mass is 79.9. The molecule has 0 fully saturated rings. The molecule has 0 spiro atoms. The Morgan fingerprint density at radius 3 is 2.87 bits per heavy atom. The van der Waals surface area contributed by atoms with E-state index in [1.54, 1.807) is 18.2 Å². The van der Waals surface area contributed by atoms with Crippen LogP contribution in [0.4, 0.5) is 10.5 Å². The van der Waals surface area contributed by atoms with Crippen molar-refractivity contribution in [1.82, 2.24) is 5.32 Å². The van der Waals surface area contributed by atoms with Crippen LogP contribution in [0, 0.1) is 0 Å². The third-order valence-corrected chi connectivity index (χ3v) is 2.79. The molecule has 0 aliphatic heterocycles. The molecule has 1 aromatic rings. The van der Waals surface area contributed by atoms with Crippen LogP contribution in [0.2, 0.25) is 5.02 Å². The molecule has 0 atom stereocenters. The van der Waals surface area contributed by atoms with Gasteiger partial charge in [0.25, 0.3) is 0 Å². The number of nitrogens with one attached hydrogen (secondary N) is 2. The average molecular weight is 294 g/mol. The van der Waals surface area contributed by atoms with Gasteiger partial charge in [-0.2, -0.15) is 0 Å². The highest BCUT2D eigenvalue weighted by molar-refractivity contribution is 9.10. The molecule has 0 saturated carbocycles. The highest BCUT2D eigenvalue weighted by Gasteiger charge is 2.02. The molecule has 0 aromatic heterocycles. The first kappa shape index (κ1) is 12.3. The van der Waals surface area contributed by atoms with Crippen molar-refractivity contribution in [2.75, 3.05) is 18.5 Å². The third-order valence-electron chi connectivity index (χ3n) is 1.57. The summed E-state index contributed by atoms with van der Waals surface area (Å²) in [4.78, 5) is 11.2. The van der Waals surface area contributed by atoms with Crippen molar-refractivity contribution in [2.24, 2.45) is 0 Å². The van der Waals surface area contributed by atoms with Crippen LogP contribution in [-0.2, 0) is 0 Å². The topological polar surface area (TPSA) is 61.4 Å². The lowest BCUT2D eigenvalue weighted by Gasteiger charge is -2.07. The van der Waals surface area contributed by atoms with Crippen LogP contribution in [0.25, 0.3) is 0 Å². The molecule has 0 heterocycles. The van der Waals surface area contributed by atoms with Crippen LogP contribution in [0.1, 0.15) is 0 Å². The van der Waals surface area contributed by atoms with Gasteiger partial charge in [0.05, 0.1) is 11.6 Å². The van der Waals surface area contributed by atoms with Crippen LogP contribution in [-0.4, -0.2) is 24.3 Å². The molecule has 6 heteroatoms. The van der Waals surface area contributed by atoms with Crippen LogP contribution in [0.5, 0.6) is 0 Å².